The van der Waals surface area contributed by atoms with Gasteiger partial charge in [-0.15, -0.1) is 0 Å². The van der Waals surface area contributed by atoms with Crippen LogP contribution in [0.2, 0.25) is 5.02 Å². The lowest BCUT2D eigenvalue weighted by Gasteiger charge is -2.28. The van der Waals surface area contributed by atoms with Crippen molar-refractivity contribution in [2.75, 3.05) is 4.90 Å². The number of rotatable bonds is 7. The molecule has 4 aromatic rings. The highest BCUT2D eigenvalue weighted by atomic mass is 35.5. The third-order valence-electron chi connectivity index (χ3n) is 5.66. The largest absolute Gasteiger partial charge is 0.486 e. The number of hydrogen-bond acceptors (Lipinski definition) is 6. The highest BCUT2D eigenvalue weighted by molar-refractivity contribution is 7.80. The number of benzene rings is 3. The van der Waals surface area contributed by atoms with Gasteiger partial charge < -0.3 is 13.9 Å². The lowest BCUT2D eigenvalue weighted by atomic mass is 10.1. The number of amides is 2. The highest BCUT2D eigenvalue weighted by Crippen LogP contribution is 2.27. The van der Waals surface area contributed by atoms with Crippen molar-refractivity contribution in [3.8, 4) is 17.2 Å². The number of para-hydroxylation sites is 1. The van der Waals surface area contributed by atoms with Crippen LogP contribution >= 0.6 is 23.8 Å². The first-order valence-corrected chi connectivity index (χ1v) is 12.4. The lowest BCUT2D eigenvalue weighted by Crippen LogP contribution is -2.54. The molecular formula is C29H21ClN2O5S. The molecule has 1 aliphatic heterocycles. The van der Waals surface area contributed by atoms with E-state index in [1.807, 2.05) is 43.3 Å². The van der Waals surface area contributed by atoms with Gasteiger partial charge in [0.25, 0.3) is 11.8 Å². The minimum Gasteiger partial charge on any atom is -0.486 e. The molecule has 2 amide bonds. The molecule has 0 radical (unpaired) electrons. The standard InChI is InChI=1S/C29H21ClN2O5S/c1-18-15-22(13-14-26(18)30)35-17-24-12-11-23(37-24)16-25-27(33)31-29(38)32(28(25)34)19-7-9-21(10-8-19)36-20-5-3-2-4-6-20/h2-16H,17H2,1H3,(H,31,33,38). The predicted molar refractivity (Wildman–Crippen MR) is 148 cm³/mol. The van der Waals surface area contributed by atoms with Gasteiger partial charge in [0.1, 0.15) is 40.9 Å². The second-order valence-corrected chi connectivity index (χ2v) is 9.16. The van der Waals surface area contributed by atoms with E-state index in [1.54, 1.807) is 48.5 Å². The molecule has 190 valence electrons. The van der Waals surface area contributed by atoms with Gasteiger partial charge in [-0.25, -0.2) is 0 Å². The van der Waals surface area contributed by atoms with Crippen molar-refractivity contribution in [1.29, 1.82) is 0 Å². The number of anilines is 1. The molecular weight excluding hydrogens is 524 g/mol. The van der Waals surface area contributed by atoms with E-state index >= 15 is 0 Å². The van der Waals surface area contributed by atoms with Gasteiger partial charge in [-0.3, -0.25) is 19.8 Å². The van der Waals surface area contributed by atoms with Gasteiger partial charge in [0.2, 0.25) is 0 Å². The quantitative estimate of drug-likeness (QED) is 0.164. The van der Waals surface area contributed by atoms with Crippen LogP contribution in [0.3, 0.4) is 0 Å². The number of nitrogens with zero attached hydrogens (tertiary/aromatic N) is 1. The molecule has 0 bridgehead atoms. The summed E-state index contributed by atoms with van der Waals surface area (Å²) in [5, 5.41) is 3.21. The number of nitrogens with one attached hydrogen (secondary N) is 1. The third-order valence-corrected chi connectivity index (χ3v) is 6.36. The van der Waals surface area contributed by atoms with E-state index in [-0.39, 0.29) is 17.3 Å². The van der Waals surface area contributed by atoms with Crippen LogP contribution in [0, 0.1) is 6.92 Å². The predicted octanol–water partition coefficient (Wildman–Crippen LogP) is 6.44. The minimum absolute atomic E-state index is 0.0133. The van der Waals surface area contributed by atoms with Gasteiger partial charge in [-0.05, 0) is 97.5 Å². The Balaban J connectivity index is 1.30. The third kappa shape index (κ3) is 5.61. The molecule has 1 saturated heterocycles. The van der Waals surface area contributed by atoms with Gasteiger partial charge in [0.05, 0.1) is 5.69 Å². The molecule has 7 nitrogen and oxygen atoms in total. The van der Waals surface area contributed by atoms with Gasteiger partial charge in [0, 0.05) is 5.02 Å². The molecule has 0 aliphatic carbocycles. The Labute approximate surface area is 229 Å². The molecule has 38 heavy (non-hydrogen) atoms. The van der Waals surface area contributed by atoms with Crippen LogP contribution in [0.15, 0.2) is 94.9 Å². The average Bonchev–Trinajstić information content (AvgIpc) is 3.36. The molecule has 1 aromatic heterocycles. The minimum atomic E-state index is -0.605. The van der Waals surface area contributed by atoms with Crippen molar-refractivity contribution in [2.45, 2.75) is 13.5 Å². The number of hydrogen-bond donors (Lipinski definition) is 1. The summed E-state index contributed by atoms with van der Waals surface area (Å²) in [5.74, 6) is 1.60. The van der Waals surface area contributed by atoms with E-state index in [0.717, 1.165) is 5.56 Å². The summed E-state index contributed by atoms with van der Waals surface area (Å²) in [6.45, 7) is 2.05. The maximum Gasteiger partial charge on any atom is 0.270 e. The molecule has 1 aliphatic rings. The second-order valence-electron chi connectivity index (χ2n) is 8.37. The Morgan fingerprint density at radius 1 is 0.947 bits per heavy atom. The van der Waals surface area contributed by atoms with E-state index in [4.69, 9.17) is 37.7 Å². The van der Waals surface area contributed by atoms with Crippen LogP contribution in [0.4, 0.5) is 5.69 Å². The summed E-state index contributed by atoms with van der Waals surface area (Å²) in [4.78, 5) is 27.2. The topological polar surface area (TPSA) is 81.0 Å². The average molecular weight is 545 g/mol. The molecule has 0 saturated carbocycles. The fourth-order valence-corrected chi connectivity index (χ4v) is 4.13. The summed E-state index contributed by atoms with van der Waals surface area (Å²) in [6, 6.07) is 24.9. The number of carbonyl (C=O) groups is 2. The van der Waals surface area contributed by atoms with Crippen molar-refractivity contribution in [3.05, 3.63) is 113 Å². The Morgan fingerprint density at radius 2 is 1.66 bits per heavy atom. The van der Waals surface area contributed by atoms with Crippen LogP contribution in [0.5, 0.6) is 17.2 Å². The second kappa shape index (κ2) is 10.9. The summed E-state index contributed by atoms with van der Waals surface area (Å²) < 4.78 is 17.3. The van der Waals surface area contributed by atoms with E-state index in [1.165, 1.54) is 11.0 Å². The normalized spacial score (nSPS) is 14.5. The van der Waals surface area contributed by atoms with Gasteiger partial charge >= 0.3 is 0 Å². The van der Waals surface area contributed by atoms with Crippen molar-refractivity contribution in [3.63, 3.8) is 0 Å². The SMILES string of the molecule is Cc1cc(OCc2ccc(C=C3C(=O)NC(=S)N(c4ccc(Oc5ccccc5)cc4)C3=O)o2)ccc1Cl. The van der Waals surface area contributed by atoms with Crippen LogP contribution < -0.4 is 19.7 Å². The molecule has 2 heterocycles. The summed E-state index contributed by atoms with van der Waals surface area (Å²) >= 11 is 11.3. The lowest BCUT2D eigenvalue weighted by molar-refractivity contribution is -0.122. The van der Waals surface area contributed by atoms with Gasteiger partial charge in [-0.1, -0.05) is 29.8 Å². The maximum absolute atomic E-state index is 13.3. The molecule has 0 unspecified atom stereocenters. The number of aryl methyl sites for hydroxylation is 1. The summed E-state index contributed by atoms with van der Waals surface area (Å²) in [7, 11) is 0. The fraction of sp³-hybridized carbons (Fsp3) is 0.0690. The molecule has 3 aromatic carbocycles. The van der Waals surface area contributed by atoms with E-state index in [2.05, 4.69) is 5.32 Å². The number of halogens is 1. The number of furan rings is 1. The first-order valence-electron chi connectivity index (χ1n) is 11.6. The van der Waals surface area contributed by atoms with Crippen molar-refractivity contribution in [1.82, 2.24) is 5.32 Å². The Hall–Kier alpha value is -4.40. The van der Waals surface area contributed by atoms with Crippen LogP contribution in [0.1, 0.15) is 17.1 Å². The fourth-order valence-electron chi connectivity index (χ4n) is 3.73. The molecule has 0 atom stereocenters. The van der Waals surface area contributed by atoms with Crippen molar-refractivity contribution in [2.24, 2.45) is 0 Å². The summed E-state index contributed by atoms with van der Waals surface area (Å²) in [6.07, 6.45) is 1.38. The Morgan fingerprint density at radius 3 is 2.39 bits per heavy atom. The zero-order valence-corrected chi connectivity index (χ0v) is 21.7. The van der Waals surface area contributed by atoms with E-state index < -0.39 is 11.8 Å². The molecule has 1 fully saturated rings. The van der Waals surface area contributed by atoms with Gasteiger partial charge in [0.15, 0.2) is 5.11 Å². The van der Waals surface area contributed by atoms with Gasteiger partial charge in [-0.2, -0.15) is 0 Å². The first kappa shape index (κ1) is 25.3. The highest BCUT2D eigenvalue weighted by Gasteiger charge is 2.34. The van der Waals surface area contributed by atoms with Crippen LogP contribution in [0.25, 0.3) is 6.08 Å². The Bertz CT molecular complexity index is 1550. The smallest absolute Gasteiger partial charge is 0.270 e. The van der Waals surface area contributed by atoms with Crippen molar-refractivity contribution >= 4 is 52.5 Å². The van der Waals surface area contributed by atoms with E-state index in [9.17, 15) is 9.59 Å². The molecule has 0 spiro atoms. The number of thiocarbonyl (C=S) groups is 1. The Kier molecular flexibility index (Phi) is 7.26. The van der Waals surface area contributed by atoms with E-state index in [0.29, 0.717) is 39.5 Å². The van der Waals surface area contributed by atoms with Crippen molar-refractivity contribution < 1.29 is 23.5 Å². The monoisotopic (exact) mass is 544 g/mol. The zero-order valence-electron chi connectivity index (χ0n) is 20.1. The number of carbonyl (C=O) groups excluding carboxylic acids is 2. The molecule has 9 heteroatoms. The maximum atomic E-state index is 13.3. The van der Waals surface area contributed by atoms with Crippen LogP contribution in [-0.2, 0) is 16.2 Å². The number of ether oxygens (including phenoxy) is 2. The molecule has 1 N–H and O–H groups in total. The zero-order chi connectivity index (χ0) is 26.6. The first-order chi connectivity index (χ1) is 18.4. The molecule has 5 rings (SSSR count). The van der Waals surface area contributed by atoms with Crippen LogP contribution in [-0.4, -0.2) is 16.9 Å². The summed E-state index contributed by atoms with van der Waals surface area (Å²) in [5.41, 5.74) is 1.27.